The minimum atomic E-state index is 0.756. The Morgan fingerprint density at radius 2 is 2.00 bits per heavy atom. The molecule has 0 saturated heterocycles. The van der Waals surface area contributed by atoms with Crippen molar-refractivity contribution in [3.63, 3.8) is 0 Å². The lowest BCUT2D eigenvalue weighted by Crippen LogP contribution is -2.25. The van der Waals surface area contributed by atoms with Gasteiger partial charge in [0.25, 0.3) is 0 Å². The zero-order chi connectivity index (χ0) is 17.8. The first-order valence-corrected chi connectivity index (χ1v) is 10.2. The van der Waals surface area contributed by atoms with E-state index in [4.69, 9.17) is 16.6 Å². The second kappa shape index (κ2) is 5.98. The molecule has 0 radical (unpaired) electrons. The van der Waals surface area contributed by atoms with Gasteiger partial charge in [-0.3, -0.25) is 0 Å². The Bertz CT molecular complexity index is 1210. The Morgan fingerprint density at radius 1 is 1.15 bits per heavy atom. The van der Waals surface area contributed by atoms with Crippen LogP contribution in [0.5, 0.6) is 0 Å². The van der Waals surface area contributed by atoms with Crippen molar-refractivity contribution < 1.29 is 4.40 Å². The smallest absolute Gasteiger partial charge is 0.338 e. The van der Waals surface area contributed by atoms with Gasteiger partial charge in [-0.2, -0.15) is 4.40 Å². The first kappa shape index (κ1) is 16.1. The molecule has 0 atom stereocenters. The Balaban J connectivity index is 1.63. The van der Waals surface area contributed by atoms with Crippen molar-refractivity contribution in [2.75, 3.05) is 11.9 Å². The van der Waals surface area contributed by atoms with Crippen molar-refractivity contribution >= 4 is 61.6 Å². The molecule has 0 N–H and O–H groups in total. The number of thiazole rings is 1. The Labute approximate surface area is 164 Å². The quantitative estimate of drug-likeness (QED) is 0.394. The van der Waals surface area contributed by atoms with Gasteiger partial charge in [-0.15, -0.1) is 0 Å². The molecule has 0 amide bonds. The Hall–Kier alpha value is -2.08. The van der Waals surface area contributed by atoms with E-state index in [1.807, 2.05) is 12.1 Å². The lowest BCUT2D eigenvalue weighted by molar-refractivity contribution is -0.488. The lowest BCUT2D eigenvalue weighted by atomic mass is 10.3. The number of fused-ring (bicyclic) bond motifs is 4. The van der Waals surface area contributed by atoms with Crippen LogP contribution in [0.25, 0.3) is 21.3 Å². The van der Waals surface area contributed by atoms with E-state index in [1.165, 1.54) is 21.3 Å². The highest BCUT2D eigenvalue weighted by Crippen LogP contribution is 2.45. The number of rotatable bonds is 1. The number of aryl methyl sites for hydroxylation is 1. The summed E-state index contributed by atoms with van der Waals surface area (Å²) in [5.41, 5.74) is 4.53. The lowest BCUT2D eigenvalue weighted by Gasteiger charge is -2.12. The molecule has 6 heteroatoms. The number of thioether (sulfide) groups is 1. The molecule has 0 bridgehead atoms. The largest absolute Gasteiger partial charge is 0.388 e. The monoisotopic (exact) mass is 396 g/mol. The highest BCUT2D eigenvalue weighted by Gasteiger charge is 2.23. The maximum absolute atomic E-state index is 6.15. The van der Waals surface area contributed by atoms with E-state index in [1.54, 1.807) is 23.1 Å². The van der Waals surface area contributed by atoms with E-state index >= 15 is 0 Å². The van der Waals surface area contributed by atoms with Crippen LogP contribution in [-0.4, -0.2) is 12.0 Å². The molecule has 26 heavy (non-hydrogen) atoms. The zero-order valence-electron chi connectivity index (χ0n) is 14.2. The second-order valence-electron chi connectivity index (χ2n) is 6.27. The topological polar surface area (TPSA) is 20.2 Å². The van der Waals surface area contributed by atoms with Gasteiger partial charge in [0.15, 0.2) is 11.2 Å². The van der Waals surface area contributed by atoms with Gasteiger partial charge in [-0.1, -0.05) is 35.5 Å². The van der Waals surface area contributed by atoms with Gasteiger partial charge < -0.3 is 4.90 Å². The highest BCUT2D eigenvalue weighted by atomic mass is 35.5. The molecular weight excluding hydrogens is 382 g/mol. The Kier molecular flexibility index (Phi) is 3.71. The number of hydrogen-bond acceptors (Lipinski definition) is 4. The van der Waals surface area contributed by atoms with Crippen LogP contribution in [0, 0.1) is 6.92 Å². The van der Waals surface area contributed by atoms with Crippen molar-refractivity contribution in [1.82, 2.24) is 4.98 Å². The molecule has 0 saturated carbocycles. The molecular formula is C20H15ClN3S2+. The van der Waals surface area contributed by atoms with Crippen LogP contribution in [-0.2, 0) is 0 Å². The van der Waals surface area contributed by atoms with Gasteiger partial charge in [0.1, 0.15) is 5.69 Å². The third-order valence-electron chi connectivity index (χ3n) is 4.53. The number of benzene rings is 2. The van der Waals surface area contributed by atoms with Crippen LogP contribution in [0.4, 0.5) is 5.69 Å². The van der Waals surface area contributed by atoms with Crippen LogP contribution in [0.2, 0.25) is 5.02 Å². The molecule has 5 rings (SSSR count). The van der Waals surface area contributed by atoms with E-state index in [0.717, 1.165) is 25.9 Å². The van der Waals surface area contributed by atoms with E-state index in [0.29, 0.717) is 0 Å². The molecule has 0 fully saturated rings. The van der Waals surface area contributed by atoms with Crippen molar-refractivity contribution in [1.29, 1.82) is 0 Å². The van der Waals surface area contributed by atoms with Gasteiger partial charge in [-0.25, -0.2) is 0 Å². The second-order valence-corrected chi connectivity index (χ2v) is 8.77. The standard InChI is InChI=1S/C20H15ClN3S2/c1-12-9-14(11-19-23(2)15-5-3-4-6-17(15)25-19)22-20-24(12)16-8-7-13(21)10-18(16)26-20/h3-11H,1-2H3/q+1. The third-order valence-corrected chi connectivity index (χ3v) is 6.94. The summed E-state index contributed by atoms with van der Waals surface area (Å²) in [7, 11) is 2.10. The summed E-state index contributed by atoms with van der Waals surface area (Å²) in [4.78, 5) is 9.37. The van der Waals surface area contributed by atoms with Crippen LogP contribution in [0.15, 0.2) is 58.5 Å². The highest BCUT2D eigenvalue weighted by molar-refractivity contribution is 8.03. The van der Waals surface area contributed by atoms with Crippen LogP contribution in [0.1, 0.15) is 11.4 Å². The SMILES string of the molecule is Cc1cc(/C=C2\Sc3ccccc3N2C)nc2sc3cc(Cl)ccc3[n+]12. The average molecular weight is 397 g/mol. The summed E-state index contributed by atoms with van der Waals surface area (Å²) in [6.07, 6.45) is 2.16. The predicted octanol–water partition coefficient (Wildman–Crippen LogP) is 5.54. The van der Waals surface area contributed by atoms with Gasteiger partial charge >= 0.3 is 4.96 Å². The van der Waals surface area contributed by atoms with Crippen molar-refractivity contribution in [2.24, 2.45) is 0 Å². The van der Waals surface area contributed by atoms with Crippen LogP contribution >= 0.6 is 34.7 Å². The number of para-hydroxylation sites is 1. The normalized spacial score (nSPS) is 15.3. The first-order chi connectivity index (χ1) is 12.6. The summed E-state index contributed by atoms with van der Waals surface area (Å²) < 4.78 is 3.34. The third kappa shape index (κ3) is 2.50. The van der Waals surface area contributed by atoms with E-state index in [2.05, 4.69) is 65.7 Å². The van der Waals surface area contributed by atoms with Gasteiger partial charge in [0.2, 0.25) is 0 Å². The van der Waals surface area contributed by atoms with E-state index in [9.17, 15) is 0 Å². The molecule has 0 unspecified atom stereocenters. The van der Waals surface area contributed by atoms with E-state index < -0.39 is 0 Å². The number of hydrogen-bond donors (Lipinski definition) is 0. The first-order valence-electron chi connectivity index (χ1n) is 8.24. The Morgan fingerprint density at radius 3 is 2.85 bits per heavy atom. The maximum Gasteiger partial charge on any atom is 0.388 e. The molecule has 1 aliphatic rings. The van der Waals surface area contributed by atoms with Gasteiger partial charge in [0, 0.05) is 29.1 Å². The zero-order valence-corrected chi connectivity index (χ0v) is 16.6. The fourth-order valence-corrected chi connectivity index (χ4v) is 5.75. The molecule has 1 aliphatic heterocycles. The number of aromatic nitrogens is 2. The van der Waals surface area contributed by atoms with Crippen LogP contribution in [0.3, 0.4) is 0 Å². The molecule has 0 aliphatic carbocycles. The summed E-state index contributed by atoms with van der Waals surface area (Å²) in [5.74, 6) is 0. The summed E-state index contributed by atoms with van der Waals surface area (Å²) in [5, 5.41) is 1.94. The summed E-state index contributed by atoms with van der Waals surface area (Å²) in [6.45, 7) is 2.12. The van der Waals surface area contributed by atoms with E-state index in [-0.39, 0.29) is 0 Å². The number of nitrogens with zero attached hydrogens (tertiary/aromatic N) is 3. The molecule has 2 aromatic heterocycles. The van der Waals surface area contributed by atoms with Crippen molar-refractivity contribution in [3.8, 4) is 0 Å². The summed E-state index contributed by atoms with van der Waals surface area (Å²) >= 11 is 9.60. The maximum atomic E-state index is 6.15. The van der Waals surface area contributed by atoms with Gasteiger partial charge in [0.05, 0.1) is 15.4 Å². The molecule has 3 heterocycles. The van der Waals surface area contributed by atoms with Gasteiger partial charge in [-0.05, 0) is 53.6 Å². The predicted molar refractivity (Wildman–Crippen MR) is 111 cm³/mol. The minimum Gasteiger partial charge on any atom is -0.338 e. The van der Waals surface area contributed by atoms with Crippen LogP contribution < -0.4 is 9.30 Å². The summed E-state index contributed by atoms with van der Waals surface area (Å²) in [6, 6.07) is 16.6. The van der Waals surface area contributed by atoms with Crippen molar-refractivity contribution in [2.45, 2.75) is 11.8 Å². The average Bonchev–Trinajstić information content (AvgIpc) is 3.13. The molecule has 3 nitrogen and oxygen atoms in total. The molecule has 0 spiro atoms. The minimum absolute atomic E-state index is 0.756. The molecule has 128 valence electrons. The molecule has 4 aromatic rings. The number of halogens is 1. The number of anilines is 1. The van der Waals surface area contributed by atoms with Crippen molar-refractivity contribution in [3.05, 3.63) is 70.0 Å². The fraction of sp³-hybridized carbons (Fsp3) is 0.100. The fourth-order valence-electron chi connectivity index (χ4n) is 3.28. The molecule has 2 aromatic carbocycles.